The van der Waals surface area contributed by atoms with Crippen molar-refractivity contribution in [3.63, 3.8) is 0 Å². The molecule has 2 aromatic carbocycles. The van der Waals surface area contributed by atoms with Crippen molar-refractivity contribution in [2.75, 3.05) is 13.2 Å². The Balaban J connectivity index is 2.30. The van der Waals surface area contributed by atoms with Crippen molar-refractivity contribution in [2.45, 2.75) is 6.42 Å². The molecule has 0 unspecified atom stereocenters. The summed E-state index contributed by atoms with van der Waals surface area (Å²) in [5.41, 5.74) is 7.47. The summed E-state index contributed by atoms with van der Waals surface area (Å²) in [6.45, 7) is 1.26. The standard InChI is InChI=1S/C15H16ClNO/c16-14-8-3-1-6-12(14)13-7-2-4-9-15(13)18-11-5-10-17/h1-4,6-9H,5,10-11,17H2. The van der Waals surface area contributed by atoms with E-state index in [1.54, 1.807) is 0 Å². The third kappa shape index (κ3) is 3.03. The van der Waals surface area contributed by atoms with Gasteiger partial charge in [-0.15, -0.1) is 0 Å². The Bertz CT molecular complexity index is 513. The van der Waals surface area contributed by atoms with Gasteiger partial charge < -0.3 is 10.5 Å². The van der Waals surface area contributed by atoms with Gasteiger partial charge in [-0.25, -0.2) is 0 Å². The normalized spacial score (nSPS) is 10.3. The summed E-state index contributed by atoms with van der Waals surface area (Å²) in [7, 11) is 0. The Kier molecular flexibility index (Phi) is 4.62. The highest BCUT2D eigenvalue weighted by molar-refractivity contribution is 6.33. The maximum atomic E-state index is 6.22. The van der Waals surface area contributed by atoms with Crippen LogP contribution in [0, 0.1) is 0 Å². The van der Waals surface area contributed by atoms with E-state index in [0.717, 1.165) is 28.3 Å². The van der Waals surface area contributed by atoms with Crippen LogP contribution in [0.1, 0.15) is 6.42 Å². The third-order valence-electron chi connectivity index (χ3n) is 2.66. The van der Waals surface area contributed by atoms with Crippen molar-refractivity contribution in [2.24, 2.45) is 5.73 Å². The Labute approximate surface area is 112 Å². The van der Waals surface area contributed by atoms with E-state index in [9.17, 15) is 0 Å². The maximum Gasteiger partial charge on any atom is 0.127 e. The average Bonchev–Trinajstić information content (AvgIpc) is 2.40. The molecule has 0 radical (unpaired) electrons. The summed E-state index contributed by atoms with van der Waals surface area (Å²) in [6, 6.07) is 15.7. The highest BCUT2D eigenvalue weighted by Gasteiger charge is 2.08. The fourth-order valence-electron chi connectivity index (χ4n) is 1.76. The van der Waals surface area contributed by atoms with Crippen LogP contribution in [0.3, 0.4) is 0 Å². The number of hydrogen-bond acceptors (Lipinski definition) is 2. The first-order chi connectivity index (χ1) is 8.83. The fourth-order valence-corrected chi connectivity index (χ4v) is 2.00. The Hall–Kier alpha value is -1.51. The van der Waals surface area contributed by atoms with Gasteiger partial charge >= 0.3 is 0 Å². The monoisotopic (exact) mass is 261 g/mol. The molecule has 0 fully saturated rings. The van der Waals surface area contributed by atoms with Crippen LogP contribution in [0.4, 0.5) is 0 Å². The Morgan fingerprint density at radius 3 is 2.33 bits per heavy atom. The van der Waals surface area contributed by atoms with Gasteiger partial charge in [-0.1, -0.05) is 48.0 Å². The minimum Gasteiger partial charge on any atom is -0.493 e. The van der Waals surface area contributed by atoms with Crippen LogP contribution < -0.4 is 10.5 Å². The summed E-state index contributed by atoms with van der Waals surface area (Å²) in [6.07, 6.45) is 0.844. The van der Waals surface area contributed by atoms with Crippen LogP contribution in [0.15, 0.2) is 48.5 Å². The van der Waals surface area contributed by atoms with Crippen molar-refractivity contribution < 1.29 is 4.74 Å². The second-order valence-electron chi connectivity index (χ2n) is 3.97. The van der Waals surface area contributed by atoms with Gasteiger partial charge in [-0.2, -0.15) is 0 Å². The minimum atomic E-state index is 0.623. The van der Waals surface area contributed by atoms with Gasteiger partial charge in [-0.3, -0.25) is 0 Å². The molecule has 3 heteroatoms. The maximum absolute atomic E-state index is 6.22. The van der Waals surface area contributed by atoms with Gasteiger partial charge in [-0.05, 0) is 25.1 Å². The molecule has 0 aromatic heterocycles. The molecule has 2 aromatic rings. The molecule has 18 heavy (non-hydrogen) atoms. The van der Waals surface area contributed by atoms with E-state index in [1.165, 1.54) is 0 Å². The van der Waals surface area contributed by atoms with Gasteiger partial charge in [0.25, 0.3) is 0 Å². The lowest BCUT2D eigenvalue weighted by Crippen LogP contribution is -2.06. The quantitative estimate of drug-likeness (QED) is 0.833. The molecule has 0 bridgehead atoms. The van der Waals surface area contributed by atoms with Crippen LogP contribution in [0.25, 0.3) is 11.1 Å². The molecule has 0 aliphatic heterocycles. The van der Waals surface area contributed by atoms with E-state index in [2.05, 4.69) is 0 Å². The molecular formula is C15H16ClNO. The first-order valence-electron chi connectivity index (χ1n) is 5.99. The summed E-state index contributed by atoms with van der Waals surface area (Å²) >= 11 is 6.22. The molecule has 0 heterocycles. The zero-order valence-corrected chi connectivity index (χ0v) is 10.9. The lowest BCUT2D eigenvalue weighted by molar-refractivity contribution is 0.314. The van der Waals surface area contributed by atoms with Crippen LogP contribution in [-0.2, 0) is 0 Å². The van der Waals surface area contributed by atoms with Crippen molar-refractivity contribution in [1.29, 1.82) is 0 Å². The van der Waals surface area contributed by atoms with Gasteiger partial charge in [0, 0.05) is 16.1 Å². The minimum absolute atomic E-state index is 0.623. The van der Waals surface area contributed by atoms with Gasteiger partial charge in [0.1, 0.15) is 5.75 Å². The number of hydrogen-bond donors (Lipinski definition) is 1. The number of nitrogens with two attached hydrogens (primary N) is 1. The molecule has 0 atom stereocenters. The SMILES string of the molecule is NCCCOc1ccccc1-c1ccccc1Cl. The number of halogens is 1. The number of ether oxygens (including phenoxy) is 1. The fraction of sp³-hybridized carbons (Fsp3) is 0.200. The molecule has 0 aliphatic carbocycles. The third-order valence-corrected chi connectivity index (χ3v) is 2.99. The summed E-state index contributed by atoms with van der Waals surface area (Å²) in [4.78, 5) is 0. The van der Waals surface area contributed by atoms with E-state index in [0.29, 0.717) is 13.2 Å². The zero-order valence-electron chi connectivity index (χ0n) is 10.1. The first kappa shape index (κ1) is 12.9. The van der Waals surface area contributed by atoms with Crippen molar-refractivity contribution in [3.05, 3.63) is 53.6 Å². The molecular weight excluding hydrogens is 246 g/mol. The molecule has 94 valence electrons. The van der Waals surface area contributed by atoms with Gasteiger partial charge in [0.15, 0.2) is 0 Å². The molecule has 0 amide bonds. The van der Waals surface area contributed by atoms with Gasteiger partial charge in [0.05, 0.1) is 6.61 Å². The van der Waals surface area contributed by atoms with Crippen LogP contribution in [-0.4, -0.2) is 13.2 Å². The second kappa shape index (κ2) is 6.43. The molecule has 2 nitrogen and oxygen atoms in total. The molecule has 0 saturated carbocycles. The molecule has 2 N–H and O–H groups in total. The van der Waals surface area contributed by atoms with Crippen LogP contribution >= 0.6 is 11.6 Å². The highest BCUT2D eigenvalue weighted by Crippen LogP contribution is 2.34. The number of para-hydroxylation sites is 1. The van der Waals surface area contributed by atoms with E-state index in [1.807, 2.05) is 48.5 Å². The molecule has 0 saturated heterocycles. The Morgan fingerprint density at radius 2 is 1.61 bits per heavy atom. The zero-order chi connectivity index (χ0) is 12.8. The van der Waals surface area contributed by atoms with Crippen LogP contribution in [0.5, 0.6) is 5.75 Å². The van der Waals surface area contributed by atoms with Crippen molar-refractivity contribution in [3.8, 4) is 16.9 Å². The summed E-state index contributed by atoms with van der Waals surface area (Å²) in [5.74, 6) is 0.846. The molecule has 0 aliphatic rings. The average molecular weight is 262 g/mol. The molecule has 2 rings (SSSR count). The number of benzene rings is 2. The lowest BCUT2D eigenvalue weighted by Gasteiger charge is -2.12. The second-order valence-corrected chi connectivity index (χ2v) is 4.37. The topological polar surface area (TPSA) is 35.2 Å². The molecule has 0 spiro atoms. The highest BCUT2D eigenvalue weighted by atomic mass is 35.5. The smallest absolute Gasteiger partial charge is 0.127 e. The summed E-state index contributed by atoms with van der Waals surface area (Å²) < 4.78 is 5.75. The lowest BCUT2D eigenvalue weighted by atomic mass is 10.0. The van der Waals surface area contributed by atoms with E-state index in [4.69, 9.17) is 22.1 Å². The van der Waals surface area contributed by atoms with Crippen molar-refractivity contribution in [1.82, 2.24) is 0 Å². The van der Waals surface area contributed by atoms with Crippen molar-refractivity contribution >= 4 is 11.6 Å². The van der Waals surface area contributed by atoms with Crippen LogP contribution in [0.2, 0.25) is 5.02 Å². The van der Waals surface area contributed by atoms with E-state index < -0.39 is 0 Å². The Morgan fingerprint density at radius 1 is 0.944 bits per heavy atom. The summed E-state index contributed by atoms with van der Waals surface area (Å²) in [5, 5.41) is 0.729. The van der Waals surface area contributed by atoms with E-state index >= 15 is 0 Å². The predicted octanol–water partition coefficient (Wildman–Crippen LogP) is 3.73. The number of rotatable bonds is 5. The van der Waals surface area contributed by atoms with E-state index in [-0.39, 0.29) is 0 Å². The first-order valence-corrected chi connectivity index (χ1v) is 6.37. The predicted molar refractivity (Wildman–Crippen MR) is 76.1 cm³/mol. The largest absolute Gasteiger partial charge is 0.493 e. The van der Waals surface area contributed by atoms with Gasteiger partial charge in [0.2, 0.25) is 0 Å².